The second-order valence-electron chi connectivity index (χ2n) is 17.8. The lowest BCUT2D eigenvalue weighted by Crippen LogP contribution is -2.54. The third-order valence-corrected chi connectivity index (χ3v) is 17.2. The van der Waals surface area contributed by atoms with E-state index in [1.54, 1.807) is 53.2 Å². The summed E-state index contributed by atoms with van der Waals surface area (Å²) in [6, 6.07) is 19.2. The molecule has 8 rings (SSSR count). The summed E-state index contributed by atoms with van der Waals surface area (Å²) in [5.41, 5.74) is 4.09. The van der Waals surface area contributed by atoms with Crippen molar-refractivity contribution >= 4 is 66.5 Å². The maximum Gasteiger partial charge on any atom is 0.358 e. The van der Waals surface area contributed by atoms with Crippen LogP contribution >= 0.6 is 15.9 Å². The van der Waals surface area contributed by atoms with Gasteiger partial charge in [0, 0.05) is 67.5 Å². The summed E-state index contributed by atoms with van der Waals surface area (Å²) in [7, 11) is -6.80. The Balaban J connectivity index is 1.24. The van der Waals surface area contributed by atoms with Crippen molar-refractivity contribution in [3.63, 3.8) is 0 Å². The first kappa shape index (κ1) is 45.6. The Labute approximate surface area is 382 Å². The molecule has 0 amide bonds. The lowest BCUT2D eigenvalue weighted by atomic mass is 9.62. The number of nitrogens with zero attached hydrogens (tertiary/aromatic N) is 5. The van der Waals surface area contributed by atoms with Gasteiger partial charge in [-0.1, -0.05) is 89.1 Å². The van der Waals surface area contributed by atoms with Crippen LogP contribution in [0, 0.1) is 19.8 Å². The second-order valence-corrected chi connectivity index (χ2v) is 27.7. The Morgan fingerprint density at radius 3 is 2.23 bits per heavy atom. The van der Waals surface area contributed by atoms with Crippen molar-refractivity contribution in [2.75, 3.05) is 20.8 Å². The Morgan fingerprint density at radius 1 is 0.922 bits per heavy atom. The molecular weight excluding hydrogens is 939 g/mol. The van der Waals surface area contributed by atoms with Gasteiger partial charge in [0.1, 0.15) is 22.9 Å². The maximum absolute atomic E-state index is 14.9. The quantitative estimate of drug-likeness (QED) is 0.0579. The number of Topliss-reactive ketones (excluding diaryl/α,β-unsaturated/α-hetero) is 1. The summed E-state index contributed by atoms with van der Waals surface area (Å²) in [6.07, 6.45) is 5.27. The van der Waals surface area contributed by atoms with Crippen LogP contribution in [0.5, 0.6) is 5.88 Å². The van der Waals surface area contributed by atoms with Crippen LogP contribution in [0.2, 0.25) is 25.7 Å². The average Bonchev–Trinajstić information content (AvgIpc) is 3.83. The molecule has 18 heteroatoms. The number of halogens is 1. The molecule has 2 bridgehead atoms. The van der Waals surface area contributed by atoms with E-state index in [1.807, 2.05) is 39.1 Å². The molecule has 3 atom stereocenters. The number of aryl methyl sites for hydroxylation is 2. The van der Waals surface area contributed by atoms with Crippen LogP contribution in [0.15, 0.2) is 105 Å². The maximum atomic E-state index is 14.9. The van der Waals surface area contributed by atoms with Gasteiger partial charge in [-0.25, -0.2) is 22.4 Å². The van der Waals surface area contributed by atoms with Crippen LogP contribution in [-0.4, -0.2) is 81.3 Å². The average molecular weight is 989 g/mol. The number of carbonyl (C=O) groups is 1. The normalized spacial score (nSPS) is 19.6. The number of methoxy groups -OCH3 is 2. The number of aromatic nitrogens is 4. The van der Waals surface area contributed by atoms with E-state index in [0.29, 0.717) is 67.9 Å². The van der Waals surface area contributed by atoms with Crippen LogP contribution in [0.3, 0.4) is 0 Å². The van der Waals surface area contributed by atoms with Crippen molar-refractivity contribution < 1.29 is 40.1 Å². The van der Waals surface area contributed by atoms with Gasteiger partial charge in [0.05, 0.1) is 40.8 Å². The highest BCUT2D eigenvalue weighted by Crippen LogP contribution is 2.53. The third kappa shape index (κ3) is 8.39. The standard InChI is InChI=1S/C46H50BrN5O9S2Si/c1-28-9-14-32(15-10-28)62(54,55)52-26-36(34-18-13-31(47)21-40(34)52)42-45(58-4)49-39(24-48-42)37-25-51(27-60-19-20-64(6,7)8)43-41(37)35-22-46(59-5,44(43)53)23-38(30(35)3)50-61-63(56,57)33-16-11-29(2)12-17-33/h9-18,21,24-26,30,35H,19-20,22-23,27H2,1-8H3/b50-38+/t30-,35-,46-/m1/s1. The third-order valence-electron chi connectivity index (χ3n) is 12.2. The summed E-state index contributed by atoms with van der Waals surface area (Å²) in [4.78, 5) is 24.9. The molecule has 64 heavy (non-hydrogen) atoms. The minimum atomic E-state index is -4.27. The number of carbonyl (C=O) groups excluding carboxylic acids is 1. The molecule has 1 saturated carbocycles. The van der Waals surface area contributed by atoms with Crippen LogP contribution in [0.4, 0.5) is 0 Å². The van der Waals surface area contributed by atoms with Crippen LogP contribution < -0.4 is 4.74 Å². The van der Waals surface area contributed by atoms with E-state index in [0.717, 1.165) is 17.2 Å². The molecule has 336 valence electrons. The van der Waals surface area contributed by atoms with Gasteiger partial charge in [-0.3, -0.25) is 9.08 Å². The highest BCUT2D eigenvalue weighted by atomic mass is 79.9. The van der Waals surface area contributed by atoms with Crippen molar-refractivity contribution in [3.8, 4) is 28.4 Å². The van der Waals surface area contributed by atoms with Gasteiger partial charge < -0.3 is 18.8 Å². The zero-order chi connectivity index (χ0) is 45.9. The van der Waals surface area contributed by atoms with E-state index in [9.17, 15) is 21.6 Å². The molecule has 0 aliphatic heterocycles. The van der Waals surface area contributed by atoms with Gasteiger partial charge in [-0.05, 0) is 74.2 Å². The van der Waals surface area contributed by atoms with Crippen molar-refractivity contribution in [1.82, 2.24) is 18.5 Å². The number of benzene rings is 3. The summed E-state index contributed by atoms with van der Waals surface area (Å²) in [6.45, 7) is 13.1. The molecule has 3 aromatic carbocycles. The van der Waals surface area contributed by atoms with E-state index in [1.165, 1.54) is 36.5 Å². The minimum absolute atomic E-state index is 0.0198. The zero-order valence-electron chi connectivity index (χ0n) is 36.9. The smallest absolute Gasteiger partial charge is 0.358 e. The van der Waals surface area contributed by atoms with Gasteiger partial charge in [0.2, 0.25) is 11.7 Å². The highest BCUT2D eigenvalue weighted by molar-refractivity contribution is 9.10. The van der Waals surface area contributed by atoms with Crippen LogP contribution in [0.1, 0.15) is 52.9 Å². The number of ether oxygens (including phenoxy) is 3. The molecular formula is C46H50BrN5O9S2Si. The van der Waals surface area contributed by atoms with E-state index >= 15 is 0 Å². The van der Waals surface area contributed by atoms with E-state index < -0.39 is 45.7 Å². The molecule has 0 radical (unpaired) electrons. The summed E-state index contributed by atoms with van der Waals surface area (Å²) < 4.78 is 82.2. The van der Waals surface area contributed by atoms with E-state index in [4.69, 9.17) is 28.5 Å². The fourth-order valence-electron chi connectivity index (χ4n) is 8.50. The molecule has 0 spiro atoms. The highest BCUT2D eigenvalue weighted by Gasteiger charge is 2.56. The summed E-state index contributed by atoms with van der Waals surface area (Å²) in [5, 5.41) is 4.83. The fraction of sp³-hybridized carbons (Fsp3) is 0.348. The first-order valence-corrected chi connectivity index (χ1v) is 28.1. The molecule has 0 unspecified atom stereocenters. The van der Waals surface area contributed by atoms with Crippen molar-refractivity contribution in [3.05, 3.63) is 112 Å². The van der Waals surface area contributed by atoms with Crippen molar-refractivity contribution in [2.24, 2.45) is 11.1 Å². The number of fused-ring (bicyclic) bond motifs is 5. The Bertz CT molecular complexity index is 3050. The lowest BCUT2D eigenvalue weighted by molar-refractivity contribution is -0.0168. The topological polar surface area (TPSA) is 170 Å². The van der Waals surface area contributed by atoms with Gasteiger partial charge >= 0.3 is 10.1 Å². The number of rotatable bonds is 14. The van der Waals surface area contributed by atoms with Gasteiger partial charge in [0.25, 0.3) is 10.0 Å². The Morgan fingerprint density at radius 2 is 1.59 bits per heavy atom. The molecule has 6 aromatic rings. The number of oxime groups is 1. The van der Waals surface area contributed by atoms with Gasteiger partial charge in [-0.2, -0.15) is 8.42 Å². The summed E-state index contributed by atoms with van der Waals surface area (Å²) >= 11 is 3.51. The number of hydrogen-bond donors (Lipinski definition) is 0. The van der Waals surface area contributed by atoms with Crippen molar-refractivity contribution in [2.45, 2.75) is 87.3 Å². The molecule has 2 aliphatic carbocycles. The van der Waals surface area contributed by atoms with Crippen LogP contribution in [0.25, 0.3) is 33.4 Å². The zero-order valence-corrected chi connectivity index (χ0v) is 41.1. The monoisotopic (exact) mass is 987 g/mol. The number of hydrogen-bond acceptors (Lipinski definition) is 12. The molecule has 3 aromatic heterocycles. The van der Waals surface area contributed by atoms with Crippen molar-refractivity contribution in [1.29, 1.82) is 0 Å². The minimum Gasteiger partial charge on any atom is -0.479 e. The van der Waals surface area contributed by atoms with Gasteiger partial charge in [0.15, 0.2) is 0 Å². The Hall–Kier alpha value is -4.98. The first-order chi connectivity index (χ1) is 30.3. The second kappa shape index (κ2) is 17.1. The molecule has 3 heterocycles. The largest absolute Gasteiger partial charge is 0.479 e. The fourth-order valence-corrected chi connectivity index (χ4v) is 11.7. The molecule has 14 nitrogen and oxygen atoms in total. The van der Waals surface area contributed by atoms with Gasteiger partial charge in [-0.15, -0.1) is 0 Å². The SMILES string of the molecule is COc1nc(-c2cn(COCC[Si](C)(C)C)c3c2[C@@H]2C[C@@](OC)(C/C(=N\OS(=O)(=O)c4ccc(C)cc4)[C@@H]2C)C3=O)cnc1-c1cn(S(=O)(=O)c2ccc(C)cc2)c2cc(Br)ccc12. The summed E-state index contributed by atoms with van der Waals surface area (Å²) in [5.74, 6) is -0.976. The predicted octanol–water partition coefficient (Wildman–Crippen LogP) is 9.36. The van der Waals surface area contributed by atoms with E-state index in [-0.39, 0.29) is 34.6 Å². The Kier molecular flexibility index (Phi) is 12.2. The molecule has 2 aliphatic rings. The predicted molar refractivity (Wildman–Crippen MR) is 251 cm³/mol. The molecule has 0 N–H and O–H groups in total. The molecule has 0 saturated heterocycles. The van der Waals surface area contributed by atoms with Crippen LogP contribution in [-0.2, 0) is 40.6 Å². The van der Waals surface area contributed by atoms with E-state index in [2.05, 4.69) is 40.7 Å². The first-order valence-electron chi connectivity index (χ1n) is 20.8. The lowest BCUT2D eigenvalue weighted by Gasteiger charge is -2.46. The number of ketones is 1. The molecule has 1 fully saturated rings.